The van der Waals surface area contributed by atoms with Gasteiger partial charge in [-0.3, -0.25) is 4.79 Å². The van der Waals surface area contributed by atoms with Gasteiger partial charge in [-0.15, -0.1) is 0 Å². The summed E-state index contributed by atoms with van der Waals surface area (Å²) in [4.78, 5) is 23.1. The molecular formula is C35H62O7. The van der Waals surface area contributed by atoms with E-state index in [1.54, 1.807) is 0 Å². The normalized spacial score (nSPS) is 29.2. The number of rotatable bonds is 23. The van der Waals surface area contributed by atoms with E-state index in [1.807, 2.05) is 0 Å². The van der Waals surface area contributed by atoms with Gasteiger partial charge in [0, 0.05) is 6.42 Å². The topological polar surface area (TPSA) is 102 Å². The molecule has 0 bridgehead atoms. The van der Waals surface area contributed by atoms with Crippen LogP contribution in [-0.4, -0.2) is 64.7 Å². The van der Waals surface area contributed by atoms with Gasteiger partial charge in [0.05, 0.1) is 42.5 Å². The van der Waals surface area contributed by atoms with Crippen molar-refractivity contribution in [2.75, 3.05) is 0 Å². The summed E-state index contributed by atoms with van der Waals surface area (Å²) in [6, 6.07) is 0. The molecule has 7 nitrogen and oxygen atoms in total. The smallest absolute Gasteiger partial charge is 0.309 e. The molecule has 3 aliphatic heterocycles. The Labute approximate surface area is 255 Å². The summed E-state index contributed by atoms with van der Waals surface area (Å²) in [5.41, 5.74) is 0. The minimum atomic E-state index is -0.417. The van der Waals surface area contributed by atoms with E-state index in [1.165, 1.54) is 51.9 Å². The van der Waals surface area contributed by atoms with Crippen LogP contribution in [0.3, 0.4) is 0 Å². The van der Waals surface area contributed by atoms with Gasteiger partial charge in [0.2, 0.25) is 0 Å². The van der Waals surface area contributed by atoms with Crippen LogP contribution in [0.1, 0.15) is 162 Å². The van der Waals surface area contributed by atoms with Crippen molar-refractivity contribution in [3.8, 4) is 0 Å². The second-order valence-corrected chi connectivity index (χ2v) is 13.6. The number of ketones is 1. The molecule has 8 atom stereocenters. The maximum atomic E-state index is 11.9. The van der Waals surface area contributed by atoms with E-state index in [0.29, 0.717) is 12.8 Å². The first-order chi connectivity index (χ1) is 20.4. The lowest BCUT2D eigenvalue weighted by Gasteiger charge is -2.24. The SMILES string of the molecule is CCCCCCCCCC[C@H](O)[C@H]1CC[C@H]([C@H]2CC[C@H]([C@H](O)CCCCCCCC[C@@H]3C[C@H](CC(C)=O)C(=O)O3)O2)O1. The van der Waals surface area contributed by atoms with Crippen LogP contribution in [0.5, 0.6) is 0 Å². The van der Waals surface area contributed by atoms with Crippen LogP contribution < -0.4 is 0 Å². The number of unbranched alkanes of at least 4 members (excludes halogenated alkanes) is 12. The maximum absolute atomic E-state index is 11.9. The largest absolute Gasteiger partial charge is 0.462 e. The highest BCUT2D eigenvalue weighted by atomic mass is 16.6. The lowest BCUT2D eigenvalue weighted by Crippen LogP contribution is -2.33. The lowest BCUT2D eigenvalue weighted by molar-refractivity contribution is -0.145. The fraction of sp³-hybridized carbons (Fsp3) is 0.943. The highest BCUT2D eigenvalue weighted by molar-refractivity contribution is 5.83. The Kier molecular flexibility index (Phi) is 17.0. The summed E-state index contributed by atoms with van der Waals surface area (Å²) < 4.78 is 18.0. The van der Waals surface area contributed by atoms with Crippen molar-refractivity contribution < 1.29 is 34.0 Å². The van der Waals surface area contributed by atoms with Gasteiger partial charge in [0.25, 0.3) is 0 Å². The van der Waals surface area contributed by atoms with E-state index >= 15 is 0 Å². The molecule has 3 heterocycles. The van der Waals surface area contributed by atoms with E-state index in [-0.39, 0.29) is 54.3 Å². The van der Waals surface area contributed by atoms with Crippen molar-refractivity contribution in [2.45, 2.75) is 204 Å². The molecule has 0 aromatic carbocycles. The highest BCUT2D eigenvalue weighted by Gasteiger charge is 2.40. The zero-order chi connectivity index (χ0) is 30.2. The molecular weight excluding hydrogens is 532 g/mol. The van der Waals surface area contributed by atoms with Gasteiger partial charge in [-0.1, -0.05) is 90.4 Å². The summed E-state index contributed by atoms with van der Waals surface area (Å²) in [5.74, 6) is -0.379. The molecule has 0 aliphatic carbocycles. The number of carbonyl (C=O) groups is 2. The molecule has 0 saturated carbocycles. The molecule has 0 aromatic heterocycles. The number of esters is 1. The Morgan fingerprint density at radius 1 is 0.738 bits per heavy atom. The minimum absolute atomic E-state index is 0.0162. The summed E-state index contributed by atoms with van der Waals surface area (Å²) in [6.07, 6.45) is 23.1. The van der Waals surface area contributed by atoms with Crippen molar-refractivity contribution in [2.24, 2.45) is 5.92 Å². The third-order valence-electron chi connectivity index (χ3n) is 9.77. The first-order valence-corrected chi connectivity index (χ1v) is 17.7. The molecule has 7 heteroatoms. The molecule has 3 aliphatic rings. The van der Waals surface area contributed by atoms with Crippen molar-refractivity contribution >= 4 is 11.8 Å². The third kappa shape index (κ3) is 12.9. The number of hydrogen-bond donors (Lipinski definition) is 2. The van der Waals surface area contributed by atoms with Crippen LogP contribution in [0.4, 0.5) is 0 Å². The number of aliphatic hydroxyl groups excluding tert-OH is 2. The highest BCUT2D eigenvalue weighted by Crippen LogP contribution is 2.35. The average Bonchev–Trinajstić information content (AvgIpc) is 3.72. The van der Waals surface area contributed by atoms with Crippen molar-refractivity contribution in [3.05, 3.63) is 0 Å². The van der Waals surface area contributed by atoms with Crippen molar-refractivity contribution in [3.63, 3.8) is 0 Å². The van der Waals surface area contributed by atoms with E-state index in [9.17, 15) is 19.8 Å². The van der Waals surface area contributed by atoms with Gasteiger partial charge in [-0.2, -0.15) is 0 Å². The molecule has 0 radical (unpaired) electrons. The Bertz CT molecular complexity index is 758. The van der Waals surface area contributed by atoms with E-state index < -0.39 is 6.10 Å². The number of carbonyl (C=O) groups excluding carboxylic acids is 2. The number of cyclic esters (lactones) is 1. The molecule has 0 aromatic rings. The van der Waals surface area contributed by atoms with Crippen molar-refractivity contribution in [1.82, 2.24) is 0 Å². The maximum Gasteiger partial charge on any atom is 0.309 e. The van der Waals surface area contributed by atoms with Gasteiger partial charge in [-0.25, -0.2) is 0 Å². The fourth-order valence-electron chi connectivity index (χ4n) is 7.20. The molecule has 3 rings (SSSR count). The molecule has 0 unspecified atom stereocenters. The summed E-state index contributed by atoms with van der Waals surface area (Å²) in [7, 11) is 0. The van der Waals surface area contributed by atoms with Crippen LogP contribution >= 0.6 is 0 Å². The van der Waals surface area contributed by atoms with Crippen LogP contribution in [-0.2, 0) is 23.8 Å². The summed E-state index contributed by atoms with van der Waals surface area (Å²) >= 11 is 0. The third-order valence-corrected chi connectivity index (χ3v) is 9.77. The molecule has 0 spiro atoms. The second kappa shape index (κ2) is 20.1. The van der Waals surface area contributed by atoms with E-state index in [2.05, 4.69) is 6.92 Å². The lowest BCUT2D eigenvalue weighted by atomic mass is 9.96. The van der Waals surface area contributed by atoms with Crippen LogP contribution in [0.15, 0.2) is 0 Å². The van der Waals surface area contributed by atoms with E-state index in [0.717, 1.165) is 89.9 Å². The molecule has 244 valence electrons. The summed E-state index contributed by atoms with van der Waals surface area (Å²) in [6.45, 7) is 3.78. The van der Waals surface area contributed by atoms with Crippen LogP contribution in [0.2, 0.25) is 0 Å². The quantitative estimate of drug-likeness (QED) is 0.0941. The predicted molar refractivity (Wildman–Crippen MR) is 165 cm³/mol. The first kappa shape index (κ1) is 35.5. The molecule has 3 fully saturated rings. The fourth-order valence-corrected chi connectivity index (χ4v) is 7.20. The van der Waals surface area contributed by atoms with Gasteiger partial charge in [-0.05, 0) is 64.7 Å². The Morgan fingerprint density at radius 3 is 1.71 bits per heavy atom. The Hall–Kier alpha value is -1.02. The van der Waals surface area contributed by atoms with Gasteiger partial charge >= 0.3 is 5.97 Å². The Balaban J connectivity index is 1.16. The zero-order valence-electron chi connectivity index (χ0n) is 26.8. The predicted octanol–water partition coefficient (Wildman–Crippen LogP) is 7.37. The Morgan fingerprint density at radius 2 is 1.21 bits per heavy atom. The average molecular weight is 595 g/mol. The van der Waals surface area contributed by atoms with Gasteiger partial charge < -0.3 is 29.2 Å². The molecule has 0 amide bonds. The standard InChI is InChI=1S/C35H62O7/c1-3-4-5-6-7-8-12-15-18-29(37)31-20-22-33(41-31)34-23-21-32(42-34)30(38)19-16-13-10-9-11-14-17-28-25-27(24-26(2)36)35(39)40-28/h27-34,37-38H,3-25H2,1-2H3/t27-,28+,29-,30+,31+,32+,33+,34+/m0/s1. The van der Waals surface area contributed by atoms with Crippen LogP contribution in [0, 0.1) is 5.92 Å². The molecule has 2 N–H and O–H groups in total. The van der Waals surface area contributed by atoms with E-state index in [4.69, 9.17) is 14.2 Å². The van der Waals surface area contributed by atoms with Gasteiger partial charge in [0.15, 0.2) is 0 Å². The molecule has 3 saturated heterocycles. The van der Waals surface area contributed by atoms with Crippen molar-refractivity contribution in [1.29, 1.82) is 0 Å². The van der Waals surface area contributed by atoms with Gasteiger partial charge in [0.1, 0.15) is 11.9 Å². The zero-order valence-corrected chi connectivity index (χ0v) is 26.8. The minimum Gasteiger partial charge on any atom is -0.462 e. The number of ether oxygens (including phenoxy) is 3. The monoisotopic (exact) mass is 594 g/mol. The van der Waals surface area contributed by atoms with Crippen LogP contribution in [0.25, 0.3) is 0 Å². The second-order valence-electron chi connectivity index (χ2n) is 13.6. The summed E-state index contributed by atoms with van der Waals surface area (Å²) in [5, 5.41) is 21.4. The number of aliphatic hydroxyl groups is 2. The number of hydrogen-bond acceptors (Lipinski definition) is 7. The number of Topliss-reactive ketones (excluding diaryl/α,β-unsaturated/α-hetero) is 1. The first-order valence-electron chi connectivity index (χ1n) is 17.7. The molecule has 42 heavy (non-hydrogen) atoms.